The number of aromatic hydroxyl groups is 1. The summed E-state index contributed by atoms with van der Waals surface area (Å²) in [5.74, 6) is -0.526. The van der Waals surface area contributed by atoms with Crippen LogP contribution in [0.5, 0.6) is 5.75 Å². The Morgan fingerprint density at radius 3 is 2.45 bits per heavy atom. The van der Waals surface area contributed by atoms with Gasteiger partial charge >= 0.3 is 0 Å². The first-order chi connectivity index (χ1) is 9.58. The highest BCUT2D eigenvalue weighted by molar-refractivity contribution is 6.30. The van der Waals surface area contributed by atoms with Gasteiger partial charge in [-0.3, -0.25) is 4.79 Å². The van der Waals surface area contributed by atoms with Crippen LogP contribution in [0.15, 0.2) is 48.5 Å². The summed E-state index contributed by atoms with van der Waals surface area (Å²) >= 11 is 5.76. The highest BCUT2D eigenvalue weighted by Gasteiger charge is 2.13. The number of halogens is 1. The molecule has 2 aromatic carbocycles. The molecule has 5 heteroatoms. The lowest BCUT2D eigenvalue weighted by Crippen LogP contribution is -2.28. The third-order valence-electron chi connectivity index (χ3n) is 2.86. The summed E-state index contributed by atoms with van der Waals surface area (Å²) in [6.45, 7) is 0.0504. The predicted octanol–water partition coefficient (Wildman–Crippen LogP) is 2.51. The lowest BCUT2D eigenvalue weighted by Gasteiger charge is -2.12. The molecule has 3 N–H and O–H groups in total. The zero-order valence-corrected chi connectivity index (χ0v) is 11.3. The van der Waals surface area contributed by atoms with Crippen LogP contribution in [0.3, 0.4) is 0 Å². The van der Waals surface area contributed by atoms with Gasteiger partial charge in [0.1, 0.15) is 5.75 Å². The molecule has 0 aliphatic heterocycles. The largest absolute Gasteiger partial charge is 0.507 e. The van der Waals surface area contributed by atoms with Crippen LogP contribution in [-0.2, 0) is 0 Å². The maximum absolute atomic E-state index is 11.9. The van der Waals surface area contributed by atoms with Gasteiger partial charge in [0, 0.05) is 11.6 Å². The standard InChI is InChI=1S/C15H14ClNO3/c16-11-7-5-10(6-8-11)14(19)9-17-15(20)12-3-1-2-4-13(12)18/h1-8,14,18-19H,9H2,(H,17,20). The molecule has 1 atom stereocenters. The van der Waals surface area contributed by atoms with Crippen molar-refractivity contribution >= 4 is 17.5 Å². The molecule has 1 unspecified atom stereocenters. The Hall–Kier alpha value is -2.04. The molecule has 0 aliphatic carbocycles. The first-order valence-electron chi connectivity index (χ1n) is 6.07. The molecular weight excluding hydrogens is 278 g/mol. The molecular formula is C15H14ClNO3. The number of aliphatic hydroxyl groups is 1. The number of para-hydroxylation sites is 1. The molecule has 0 fully saturated rings. The highest BCUT2D eigenvalue weighted by Crippen LogP contribution is 2.17. The van der Waals surface area contributed by atoms with Gasteiger partial charge in [-0.05, 0) is 29.8 Å². The molecule has 0 saturated heterocycles. The van der Waals surface area contributed by atoms with Crippen molar-refractivity contribution in [2.75, 3.05) is 6.54 Å². The second-order valence-corrected chi connectivity index (χ2v) is 4.73. The maximum atomic E-state index is 11.9. The second kappa shape index (κ2) is 6.41. The van der Waals surface area contributed by atoms with E-state index in [0.717, 1.165) is 0 Å². The molecule has 0 aliphatic rings. The topological polar surface area (TPSA) is 69.6 Å². The average molecular weight is 292 g/mol. The van der Waals surface area contributed by atoms with E-state index in [-0.39, 0.29) is 17.9 Å². The zero-order valence-electron chi connectivity index (χ0n) is 10.6. The van der Waals surface area contributed by atoms with Crippen molar-refractivity contribution in [2.24, 2.45) is 0 Å². The molecule has 104 valence electrons. The van der Waals surface area contributed by atoms with Crippen molar-refractivity contribution < 1.29 is 15.0 Å². The lowest BCUT2D eigenvalue weighted by molar-refractivity contribution is 0.0913. The van der Waals surface area contributed by atoms with Crippen molar-refractivity contribution in [1.29, 1.82) is 0 Å². The van der Waals surface area contributed by atoms with E-state index in [1.54, 1.807) is 36.4 Å². The number of hydrogen-bond donors (Lipinski definition) is 3. The van der Waals surface area contributed by atoms with Gasteiger partial charge in [0.05, 0.1) is 11.7 Å². The van der Waals surface area contributed by atoms with E-state index in [9.17, 15) is 15.0 Å². The van der Waals surface area contributed by atoms with Crippen LogP contribution >= 0.6 is 11.6 Å². The number of amides is 1. The zero-order chi connectivity index (χ0) is 14.5. The summed E-state index contributed by atoms with van der Waals surface area (Å²) in [7, 11) is 0. The molecule has 0 spiro atoms. The minimum Gasteiger partial charge on any atom is -0.507 e. The van der Waals surface area contributed by atoms with E-state index in [1.165, 1.54) is 12.1 Å². The van der Waals surface area contributed by atoms with Crippen LogP contribution in [0, 0.1) is 0 Å². The van der Waals surface area contributed by atoms with Crippen molar-refractivity contribution in [3.8, 4) is 5.75 Å². The molecule has 0 radical (unpaired) electrons. The minimum absolute atomic E-state index is 0.0504. The smallest absolute Gasteiger partial charge is 0.255 e. The maximum Gasteiger partial charge on any atom is 0.255 e. The molecule has 0 bridgehead atoms. The quantitative estimate of drug-likeness (QED) is 0.811. The molecule has 0 saturated carbocycles. The number of benzene rings is 2. The fraction of sp³-hybridized carbons (Fsp3) is 0.133. The number of phenols is 1. The summed E-state index contributed by atoms with van der Waals surface area (Å²) in [6.07, 6.45) is -0.831. The van der Waals surface area contributed by atoms with E-state index < -0.39 is 12.0 Å². The van der Waals surface area contributed by atoms with Gasteiger partial charge in [0.15, 0.2) is 0 Å². The third-order valence-corrected chi connectivity index (χ3v) is 3.11. The Morgan fingerprint density at radius 1 is 1.15 bits per heavy atom. The van der Waals surface area contributed by atoms with Gasteiger partial charge in [0.2, 0.25) is 0 Å². The summed E-state index contributed by atoms with van der Waals surface area (Å²) in [5.41, 5.74) is 0.836. The minimum atomic E-state index is -0.831. The van der Waals surface area contributed by atoms with Crippen LogP contribution < -0.4 is 5.32 Å². The highest BCUT2D eigenvalue weighted by atomic mass is 35.5. The van der Waals surface area contributed by atoms with Gasteiger partial charge < -0.3 is 15.5 Å². The summed E-state index contributed by atoms with van der Waals surface area (Å²) < 4.78 is 0. The number of phenolic OH excluding ortho intramolecular Hbond substituents is 1. The number of carbonyl (C=O) groups is 1. The number of nitrogens with one attached hydrogen (secondary N) is 1. The van der Waals surface area contributed by atoms with Crippen LogP contribution in [0.1, 0.15) is 22.0 Å². The second-order valence-electron chi connectivity index (χ2n) is 4.29. The summed E-state index contributed by atoms with van der Waals surface area (Å²) in [5, 5.41) is 22.7. The van der Waals surface area contributed by atoms with E-state index in [2.05, 4.69) is 5.32 Å². The van der Waals surface area contributed by atoms with Crippen molar-refractivity contribution in [2.45, 2.75) is 6.10 Å². The van der Waals surface area contributed by atoms with E-state index >= 15 is 0 Å². The van der Waals surface area contributed by atoms with Crippen molar-refractivity contribution in [1.82, 2.24) is 5.32 Å². The van der Waals surface area contributed by atoms with E-state index in [4.69, 9.17) is 11.6 Å². The Labute approximate surface area is 121 Å². The summed E-state index contributed by atoms with van der Waals surface area (Å²) in [6, 6.07) is 13.0. The Bertz CT molecular complexity index is 598. The Kier molecular flexibility index (Phi) is 4.61. The fourth-order valence-corrected chi connectivity index (χ4v) is 1.88. The molecule has 2 aromatic rings. The molecule has 20 heavy (non-hydrogen) atoms. The van der Waals surface area contributed by atoms with Gasteiger partial charge in [-0.2, -0.15) is 0 Å². The molecule has 0 heterocycles. The van der Waals surface area contributed by atoms with Crippen LogP contribution in [0.4, 0.5) is 0 Å². The number of aliphatic hydroxyl groups excluding tert-OH is 1. The first kappa shape index (κ1) is 14.4. The van der Waals surface area contributed by atoms with Gasteiger partial charge in [-0.25, -0.2) is 0 Å². The number of rotatable bonds is 4. The Morgan fingerprint density at radius 2 is 1.80 bits per heavy atom. The van der Waals surface area contributed by atoms with E-state index in [1.807, 2.05) is 0 Å². The Balaban J connectivity index is 1.97. The number of carbonyl (C=O) groups excluding carboxylic acids is 1. The normalized spacial score (nSPS) is 11.9. The predicted molar refractivity (Wildman–Crippen MR) is 76.9 cm³/mol. The van der Waals surface area contributed by atoms with Crippen LogP contribution in [0.2, 0.25) is 5.02 Å². The van der Waals surface area contributed by atoms with Gasteiger partial charge in [0.25, 0.3) is 5.91 Å². The van der Waals surface area contributed by atoms with Gasteiger partial charge in [-0.1, -0.05) is 35.9 Å². The summed E-state index contributed by atoms with van der Waals surface area (Å²) in [4.78, 5) is 11.9. The van der Waals surface area contributed by atoms with Crippen LogP contribution in [0.25, 0.3) is 0 Å². The van der Waals surface area contributed by atoms with Gasteiger partial charge in [-0.15, -0.1) is 0 Å². The molecule has 1 amide bonds. The molecule has 2 rings (SSSR count). The third kappa shape index (κ3) is 3.50. The fourth-order valence-electron chi connectivity index (χ4n) is 1.75. The lowest BCUT2D eigenvalue weighted by atomic mass is 10.1. The first-order valence-corrected chi connectivity index (χ1v) is 6.45. The van der Waals surface area contributed by atoms with E-state index in [0.29, 0.717) is 10.6 Å². The number of hydrogen-bond acceptors (Lipinski definition) is 3. The average Bonchev–Trinajstić information content (AvgIpc) is 2.45. The van der Waals surface area contributed by atoms with Crippen LogP contribution in [-0.4, -0.2) is 22.7 Å². The monoisotopic (exact) mass is 291 g/mol. The SMILES string of the molecule is O=C(NCC(O)c1ccc(Cl)cc1)c1ccccc1O. The van der Waals surface area contributed by atoms with Crippen molar-refractivity contribution in [3.63, 3.8) is 0 Å². The molecule has 0 aromatic heterocycles. The van der Waals surface area contributed by atoms with Crippen molar-refractivity contribution in [3.05, 3.63) is 64.7 Å². The molecule has 4 nitrogen and oxygen atoms in total.